The largest absolute Gasteiger partial charge is 0.481 e. The van der Waals surface area contributed by atoms with E-state index in [1.165, 1.54) is 0 Å². The van der Waals surface area contributed by atoms with E-state index in [1.54, 1.807) is 0 Å². The Hall–Kier alpha value is -1.06. The second kappa shape index (κ2) is 9.19. The molecular formula is C12H23NO3. The predicted molar refractivity (Wildman–Crippen MR) is 63.2 cm³/mol. The van der Waals surface area contributed by atoms with E-state index in [-0.39, 0.29) is 12.3 Å². The highest BCUT2D eigenvalue weighted by Gasteiger charge is 2.06. The van der Waals surface area contributed by atoms with Crippen molar-refractivity contribution < 1.29 is 14.7 Å². The van der Waals surface area contributed by atoms with Crippen LogP contribution >= 0.6 is 0 Å². The minimum absolute atomic E-state index is 0.0392. The van der Waals surface area contributed by atoms with Crippen LogP contribution in [0.1, 0.15) is 52.4 Å². The standard InChI is InChI=1S/C12H23NO3/c1-3-10(4-2)9-13-11(14)7-5-6-8-12(15)16/h10H,3-9H2,1-2H3,(H,13,14)(H,15,16). The van der Waals surface area contributed by atoms with Gasteiger partial charge < -0.3 is 10.4 Å². The fourth-order valence-corrected chi connectivity index (χ4v) is 1.49. The van der Waals surface area contributed by atoms with Crippen molar-refractivity contribution >= 4 is 11.9 Å². The van der Waals surface area contributed by atoms with Gasteiger partial charge in [-0.2, -0.15) is 0 Å². The summed E-state index contributed by atoms with van der Waals surface area (Å²) >= 11 is 0. The lowest BCUT2D eigenvalue weighted by Crippen LogP contribution is -2.28. The van der Waals surface area contributed by atoms with Crippen LogP contribution in [0.25, 0.3) is 0 Å². The number of amides is 1. The molecule has 0 aromatic carbocycles. The smallest absolute Gasteiger partial charge is 0.303 e. The first kappa shape index (κ1) is 14.9. The summed E-state index contributed by atoms with van der Waals surface area (Å²) in [5.74, 6) is -0.197. The monoisotopic (exact) mass is 229 g/mol. The summed E-state index contributed by atoms with van der Waals surface area (Å²) in [4.78, 5) is 21.6. The van der Waals surface area contributed by atoms with Crippen molar-refractivity contribution in [1.82, 2.24) is 5.32 Å². The van der Waals surface area contributed by atoms with Crippen molar-refractivity contribution in [3.05, 3.63) is 0 Å². The molecule has 94 valence electrons. The Kier molecular flexibility index (Phi) is 8.58. The highest BCUT2D eigenvalue weighted by atomic mass is 16.4. The fraction of sp³-hybridized carbons (Fsp3) is 0.833. The van der Waals surface area contributed by atoms with Crippen LogP contribution in [0.4, 0.5) is 0 Å². The third kappa shape index (κ3) is 8.26. The van der Waals surface area contributed by atoms with Gasteiger partial charge in [-0.15, -0.1) is 0 Å². The number of carboxylic acid groups (broad SMARTS) is 1. The van der Waals surface area contributed by atoms with Crippen LogP contribution in [-0.4, -0.2) is 23.5 Å². The van der Waals surface area contributed by atoms with E-state index in [9.17, 15) is 9.59 Å². The Morgan fingerprint density at radius 1 is 1.12 bits per heavy atom. The lowest BCUT2D eigenvalue weighted by atomic mass is 10.0. The number of carbonyl (C=O) groups is 2. The molecule has 1 amide bonds. The van der Waals surface area contributed by atoms with Gasteiger partial charge in [-0.05, 0) is 18.8 Å². The van der Waals surface area contributed by atoms with E-state index in [1.807, 2.05) is 0 Å². The van der Waals surface area contributed by atoms with E-state index in [0.29, 0.717) is 25.2 Å². The molecule has 0 saturated heterocycles. The highest BCUT2D eigenvalue weighted by Crippen LogP contribution is 2.05. The average molecular weight is 229 g/mol. The number of hydrogen-bond donors (Lipinski definition) is 2. The molecule has 0 heterocycles. The molecule has 0 spiro atoms. The maximum atomic E-state index is 11.4. The summed E-state index contributed by atoms with van der Waals surface area (Å²) in [6.45, 7) is 4.98. The van der Waals surface area contributed by atoms with E-state index in [0.717, 1.165) is 19.4 Å². The molecular weight excluding hydrogens is 206 g/mol. The number of carboxylic acids is 1. The van der Waals surface area contributed by atoms with Gasteiger partial charge in [0, 0.05) is 19.4 Å². The molecule has 0 bridgehead atoms. The molecule has 0 aromatic rings. The molecule has 0 saturated carbocycles. The van der Waals surface area contributed by atoms with Crippen molar-refractivity contribution in [1.29, 1.82) is 0 Å². The summed E-state index contributed by atoms with van der Waals surface area (Å²) < 4.78 is 0. The molecule has 0 radical (unpaired) electrons. The summed E-state index contributed by atoms with van der Waals surface area (Å²) in [6.07, 6.45) is 3.98. The van der Waals surface area contributed by atoms with Gasteiger partial charge in [0.15, 0.2) is 0 Å². The predicted octanol–water partition coefficient (Wildman–Crippen LogP) is 2.18. The maximum Gasteiger partial charge on any atom is 0.303 e. The molecule has 16 heavy (non-hydrogen) atoms. The topological polar surface area (TPSA) is 66.4 Å². The molecule has 0 rings (SSSR count). The fourth-order valence-electron chi connectivity index (χ4n) is 1.49. The molecule has 0 aliphatic rings. The van der Waals surface area contributed by atoms with Crippen LogP contribution in [-0.2, 0) is 9.59 Å². The Morgan fingerprint density at radius 3 is 2.19 bits per heavy atom. The van der Waals surface area contributed by atoms with Crippen molar-refractivity contribution in [3.8, 4) is 0 Å². The quantitative estimate of drug-likeness (QED) is 0.595. The van der Waals surface area contributed by atoms with Crippen LogP contribution < -0.4 is 5.32 Å². The van der Waals surface area contributed by atoms with Gasteiger partial charge in [-0.1, -0.05) is 26.7 Å². The van der Waals surface area contributed by atoms with Gasteiger partial charge in [0.1, 0.15) is 0 Å². The molecule has 4 nitrogen and oxygen atoms in total. The van der Waals surface area contributed by atoms with Gasteiger partial charge in [-0.25, -0.2) is 0 Å². The van der Waals surface area contributed by atoms with E-state index < -0.39 is 5.97 Å². The van der Waals surface area contributed by atoms with Crippen LogP contribution in [0.3, 0.4) is 0 Å². The number of rotatable bonds is 9. The van der Waals surface area contributed by atoms with Gasteiger partial charge in [0.05, 0.1) is 0 Å². The van der Waals surface area contributed by atoms with Crippen LogP contribution in [0.5, 0.6) is 0 Å². The van der Waals surface area contributed by atoms with Crippen molar-refractivity contribution in [2.75, 3.05) is 6.54 Å². The SMILES string of the molecule is CCC(CC)CNC(=O)CCCCC(=O)O. The van der Waals surface area contributed by atoms with Crippen LogP contribution in [0, 0.1) is 5.92 Å². The number of unbranched alkanes of at least 4 members (excludes halogenated alkanes) is 1. The molecule has 0 fully saturated rings. The first-order chi connectivity index (χ1) is 7.60. The number of aliphatic carboxylic acids is 1. The lowest BCUT2D eigenvalue weighted by Gasteiger charge is -2.12. The zero-order chi connectivity index (χ0) is 12.4. The normalized spacial score (nSPS) is 10.4. The molecule has 0 aliphatic heterocycles. The van der Waals surface area contributed by atoms with Gasteiger partial charge >= 0.3 is 5.97 Å². The minimum Gasteiger partial charge on any atom is -0.481 e. The number of carbonyl (C=O) groups excluding carboxylic acids is 1. The van der Waals surface area contributed by atoms with E-state index in [2.05, 4.69) is 19.2 Å². The maximum absolute atomic E-state index is 11.4. The molecule has 2 N–H and O–H groups in total. The summed E-state index contributed by atoms with van der Waals surface area (Å²) in [6, 6.07) is 0. The first-order valence-electron chi connectivity index (χ1n) is 6.08. The van der Waals surface area contributed by atoms with Crippen molar-refractivity contribution in [3.63, 3.8) is 0 Å². The Bertz CT molecular complexity index is 212. The molecule has 4 heteroatoms. The van der Waals surface area contributed by atoms with Gasteiger partial charge in [0.2, 0.25) is 5.91 Å². The molecule has 0 unspecified atom stereocenters. The summed E-state index contributed by atoms with van der Waals surface area (Å²) in [5, 5.41) is 11.3. The second-order valence-corrected chi connectivity index (χ2v) is 4.09. The third-order valence-electron chi connectivity index (χ3n) is 2.79. The zero-order valence-electron chi connectivity index (χ0n) is 10.3. The Balaban J connectivity index is 3.47. The van der Waals surface area contributed by atoms with Gasteiger partial charge in [-0.3, -0.25) is 9.59 Å². The zero-order valence-corrected chi connectivity index (χ0v) is 10.3. The van der Waals surface area contributed by atoms with Gasteiger partial charge in [0.25, 0.3) is 0 Å². The number of nitrogens with one attached hydrogen (secondary N) is 1. The van der Waals surface area contributed by atoms with Crippen LogP contribution in [0.15, 0.2) is 0 Å². The molecule has 0 aliphatic carbocycles. The van der Waals surface area contributed by atoms with Crippen molar-refractivity contribution in [2.24, 2.45) is 5.92 Å². The second-order valence-electron chi connectivity index (χ2n) is 4.09. The average Bonchev–Trinajstić information content (AvgIpc) is 2.25. The van der Waals surface area contributed by atoms with E-state index >= 15 is 0 Å². The summed E-state index contributed by atoms with van der Waals surface area (Å²) in [7, 11) is 0. The minimum atomic E-state index is -0.794. The highest BCUT2D eigenvalue weighted by molar-refractivity contribution is 5.75. The van der Waals surface area contributed by atoms with Crippen molar-refractivity contribution in [2.45, 2.75) is 52.4 Å². The third-order valence-corrected chi connectivity index (χ3v) is 2.79. The summed E-state index contributed by atoms with van der Waals surface area (Å²) in [5.41, 5.74) is 0. The Morgan fingerprint density at radius 2 is 1.69 bits per heavy atom. The van der Waals surface area contributed by atoms with Crippen LogP contribution in [0.2, 0.25) is 0 Å². The molecule has 0 atom stereocenters. The Labute approximate surface area is 97.4 Å². The lowest BCUT2D eigenvalue weighted by molar-refractivity contribution is -0.137. The van der Waals surface area contributed by atoms with E-state index in [4.69, 9.17) is 5.11 Å². The first-order valence-corrected chi connectivity index (χ1v) is 6.08. The molecule has 0 aromatic heterocycles. The number of hydrogen-bond acceptors (Lipinski definition) is 2.